The molecule has 0 bridgehead atoms. The summed E-state index contributed by atoms with van der Waals surface area (Å²) in [6.07, 6.45) is 1.11. The molecule has 0 saturated carbocycles. The van der Waals surface area contributed by atoms with Crippen molar-refractivity contribution in [3.8, 4) is 5.75 Å². The summed E-state index contributed by atoms with van der Waals surface area (Å²) >= 11 is 0. The number of carbonyl (C=O) groups excluding carboxylic acids is 1. The summed E-state index contributed by atoms with van der Waals surface area (Å²) in [5.74, 6) is 0.439. The number of nitrogens with zero attached hydrogens (tertiary/aromatic N) is 1. The molecule has 5 heteroatoms. The van der Waals surface area contributed by atoms with Crippen LogP contribution in [0.2, 0.25) is 0 Å². The van der Waals surface area contributed by atoms with Gasteiger partial charge in [0.1, 0.15) is 18.6 Å². The topological polar surface area (TPSA) is 59.9 Å². The van der Waals surface area contributed by atoms with Gasteiger partial charge in [-0.05, 0) is 37.6 Å². The van der Waals surface area contributed by atoms with Crippen molar-refractivity contribution < 1.29 is 14.4 Å². The van der Waals surface area contributed by atoms with E-state index in [1.54, 1.807) is 0 Å². The summed E-state index contributed by atoms with van der Waals surface area (Å²) in [7, 11) is 0. The third-order valence-corrected chi connectivity index (χ3v) is 3.07. The molecule has 5 nitrogen and oxygen atoms in total. The van der Waals surface area contributed by atoms with Gasteiger partial charge in [-0.25, -0.2) is 0 Å². The van der Waals surface area contributed by atoms with Gasteiger partial charge < -0.3 is 14.9 Å². The fraction of sp³-hybridized carbons (Fsp3) is 0.222. The molecule has 2 aromatic carbocycles. The van der Waals surface area contributed by atoms with Gasteiger partial charge in [0, 0.05) is 5.69 Å². The van der Waals surface area contributed by atoms with Gasteiger partial charge in [0.25, 0.3) is 5.91 Å². The Kier molecular flexibility index (Phi) is 6.17. The molecule has 0 saturated heterocycles. The van der Waals surface area contributed by atoms with E-state index in [0.29, 0.717) is 6.61 Å². The number of aryl methyl sites for hydroxylation is 2. The highest BCUT2D eigenvalue weighted by atomic mass is 16.6. The van der Waals surface area contributed by atoms with Crippen LogP contribution in [-0.2, 0) is 9.63 Å². The SMILES string of the molecule is Cc1ccc(NC(=O)/C=N\OCCOc2ccccc2)c(C)c1. The van der Waals surface area contributed by atoms with Gasteiger partial charge in [-0.15, -0.1) is 0 Å². The van der Waals surface area contributed by atoms with Crippen LogP contribution < -0.4 is 10.1 Å². The van der Waals surface area contributed by atoms with E-state index < -0.39 is 0 Å². The molecular formula is C18H20N2O3. The van der Waals surface area contributed by atoms with E-state index in [1.165, 1.54) is 0 Å². The molecule has 0 aliphatic rings. The number of hydrogen-bond acceptors (Lipinski definition) is 4. The predicted octanol–water partition coefficient (Wildman–Crippen LogP) is 3.32. The van der Waals surface area contributed by atoms with Gasteiger partial charge in [0.15, 0.2) is 6.61 Å². The van der Waals surface area contributed by atoms with Gasteiger partial charge in [0.05, 0.1) is 0 Å². The summed E-state index contributed by atoms with van der Waals surface area (Å²) in [6, 6.07) is 15.2. The lowest BCUT2D eigenvalue weighted by atomic mass is 10.1. The summed E-state index contributed by atoms with van der Waals surface area (Å²) < 4.78 is 5.44. The fourth-order valence-corrected chi connectivity index (χ4v) is 1.97. The van der Waals surface area contributed by atoms with Crippen molar-refractivity contribution in [3.05, 3.63) is 59.7 Å². The molecule has 0 fully saturated rings. The highest BCUT2D eigenvalue weighted by molar-refractivity contribution is 6.31. The van der Waals surface area contributed by atoms with Crippen LogP contribution in [0.4, 0.5) is 5.69 Å². The highest BCUT2D eigenvalue weighted by Crippen LogP contribution is 2.15. The third-order valence-electron chi connectivity index (χ3n) is 3.07. The summed E-state index contributed by atoms with van der Waals surface area (Å²) in [5, 5.41) is 6.38. The van der Waals surface area contributed by atoms with Crippen molar-refractivity contribution in [1.29, 1.82) is 0 Å². The molecule has 1 N–H and O–H groups in total. The van der Waals surface area contributed by atoms with Crippen LogP contribution >= 0.6 is 0 Å². The van der Waals surface area contributed by atoms with Crippen molar-refractivity contribution in [2.75, 3.05) is 18.5 Å². The molecule has 0 aliphatic heterocycles. The molecular weight excluding hydrogens is 292 g/mol. The molecule has 0 atom stereocenters. The van der Waals surface area contributed by atoms with Crippen LogP contribution in [0.25, 0.3) is 0 Å². The number of amides is 1. The molecule has 0 radical (unpaired) electrons. The molecule has 0 unspecified atom stereocenters. The molecule has 0 heterocycles. The van der Waals surface area contributed by atoms with E-state index in [-0.39, 0.29) is 12.5 Å². The number of nitrogens with one attached hydrogen (secondary N) is 1. The van der Waals surface area contributed by atoms with E-state index in [2.05, 4.69) is 10.5 Å². The van der Waals surface area contributed by atoms with E-state index in [4.69, 9.17) is 9.57 Å². The van der Waals surface area contributed by atoms with Crippen molar-refractivity contribution in [2.24, 2.45) is 5.16 Å². The number of oxime groups is 1. The molecule has 23 heavy (non-hydrogen) atoms. The maximum atomic E-state index is 11.7. The van der Waals surface area contributed by atoms with Crippen LogP contribution in [-0.4, -0.2) is 25.3 Å². The van der Waals surface area contributed by atoms with Crippen LogP contribution in [0.15, 0.2) is 53.7 Å². The molecule has 120 valence electrons. The zero-order valence-corrected chi connectivity index (χ0v) is 13.3. The van der Waals surface area contributed by atoms with Crippen LogP contribution in [0.3, 0.4) is 0 Å². The van der Waals surface area contributed by atoms with E-state index >= 15 is 0 Å². The second kappa shape index (κ2) is 8.58. The predicted molar refractivity (Wildman–Crippen MR) is 90.9 cm³/mol. The Morgan fingerprint density at radius 1 is 1.13 bits per heavy atom. The smallest absolute Gasteiger partial charge is 0.270 e. The Hall–Kier alpha value is -2.82. The monoisotopic (exact) mass is 312 g/mol. The normalized spacial score (nSPS) is 10.5. The van der Waals surface area contributed by atoms with Gasteiger partial charge in [-0.3, -0.25) is 4.79 Å². The maximum Gasteiger partial charge on any atom is 0.270 e. The fourth-order valence-electron chi connectivity index (χ4n) is 1.97. The average molecular weight is 312 g/mol. The number of hydrogen-bond donors (Lipinski definition) is 1. The van der Waals surface area contributed by atoms with Crippen LogP contribution in [0.5, 0.6) is 5.75 Å². The number of carbonyl (C=O) groups is 1. The summed E-state index contributed by atoms with van der Waals surface area (Å²) in [5.41, 5.74) is 2.92. The highest BCUT2D eigenvalue weighted by Gasteiger charge is 2.02. The van der Waals surface area contributed by atoms with Gasteiger partial charge in [0.2, 0.25) is 0 Å². The zero-order chi connectivity index (χ0) is 16.5. The Morgan fingerprint density at radius 3 is 2.65 bits per heavy atom. The Balaban J connectivity index is 1.68. The largest absolute Gasteiger partial charge is 0.490 e. The number of para-hydroxylation sites is 1. The van der Waals surface area contributed by atoms with Gasteiger partial charge in [-0.2, -0.15) is 0 Å². The standard InChI is InChI=1S/C18H20N2O3/c1-14-8-9-17(15(2)12-14)20-18(21)13-19-23-11-10-22-16-6-4-3-5-7-16/h3-9,12-13H,10-11H2,1-2H3,(H,20,21)/b19-13-. The summed E-state index contributed by atoms with van der Waals surface area (Å²) in [6.45, 7) is 4.57. The molecule has 0 aliphatic carbocycles. The Bertz CT molecular complexity index is 669. The van der Waals surface area contributed by atoms with Crippen LogP contribution in [0, 0.1) is 13.8 Å². The van der Waals surface area contributed by atoms with E-state index in [1.807, 2.05) is 62.4 Å². The number of benzene rings is 2. The van der Waals surface area contributed by atoms with Gasteiger partial charge >= 0.3 is 0 Å². The number of anilines is 1. The minimum absolute atomic E-state index is 0.266. The average Bonchev–Trinajstić information content (AvgIpc) is 2.54. The second-order valence-corrected chi connectivity index (χ2v) is 5.04. The zero-order valence-electron chi connectivity index (χ0n) is 13.3. The van der Waals surface area contributed by atoms with E-state index in [0.717, 1.165) is 28.8 Å². The van der Waals surface area contributed by atoms with Gasteiger partial charge in [-0.1, -0.05) is 41.1 Å². The molecule has 0 spiro atoms. The first kappa shape index (κ1) is 16.5. The molecule has 2 rings (SSSR count). The molecule has 2 aromatic rings. The van der Waals surface area contributed by atoms with Crippen molar-refractivity contribution >= 4 is 17.8 Å². The Labute approximate surface area is 135 Å². The first-order valence-corrected chi connectivity index (χ1v) is 7.36. The lowest BCUT2D eigenvalue weighted by Crippen LogP contribution is -2.14. The number of rotatable bonds is 7. The van der Waals surface area contributed by atoms with Crippen molar-refractivity contribution in [1.82, 2.24) is 0 Å². The van der Waals surface area contributed by atoms with Crippen molar-refractivity contribution in [2.45, 2.75) is 13.8 Å². The lowest BCUT2D eigenvalue weighted by molar-refractivity contribution is -0.110. The second-order valence-electron chi connectivity index (χ2n) is 5.04. The first-order valence-electron chi connectivity index (χ1n) is 7.36. The van der Waals surface area contributed by atoms with E-state index in [9.17, 15) is 4.79 Å². The first-order chi connectivity index (χ1) is 11.1. The number of ether oxygens (including phenoxy) is 1. The molecule has 0 aromatic heterocycles. The third kappa shape index (κ3) is 5.82. The quantitative estimate of drug-likeness (QED) is 0.485. The minimum atomic E-state index is -0.332. The van der Waals surface area contributed by atoms with Crippen molar-refractivity contribution in [3.63, 3.8) is 0 Å². The lowest BCUT2D eigenvalue weighted by Gasteiger charge is -2.07. The summed E-state index contributed by atoms with van der Waals surface area (Å²) in [4.78, 5) is 16.7. The van der Waals surface area contributed by atoms with Crippen LogP contribution in [0.1, 0.15) is 11.1 Å². The maximum absolute atomic E-state index is 11.7. The minimum Gasteiger partial charge on any atom is -0.490 e. The molecule has 1 amide bonds. The Morgan fingerprint density at radius 2 is 1.91 bits per heavy atom.